The second-order valence-electron chi connectivity index (χ2n) is 12.1. The maximum atomic E-state index is 13.4. The quantitative estimate of drug-likeness (QED) is 0.136. The molecule has 0 spiro atoms. The van der Waals surface area contributed by atoms with E-state index in [2.05, 4.69) is 52.2 Å². The molecule has 4 N–H and O–H groups in total. The summed E-state index contributed by atoms with van der Waals surface area (Å²) in [6.45, 7) is 6.24. The van der Waals surface area contributed by atoms with Crippen LogP contribution in [-0.2, 0) is 17.9 Å². The lowest BCUT2D eigenvalue weighted by Gasteiger charge is -2.19. The highest BCUT2D eigenvalue weighted by atomic mass is 19.4. The minimum absolute atomic E-state index is 0.0598. The summed E-state index contributed by atoms with van der Waals surface area (Å²) < 4.78 is 44.6. The van der Waals surface area contributed by atoms with Crippen molar-refractivity contribution in [3.8, 4) is 39.1 Å². The highest BCUT2D eigenvalue weighted by molar-refractivity contribution is 5.84. The summed E-state index contributed by atoms with van der Waals surface area (Å²) in [6.07, 6.45) is -6.02. The van der Waals surface area contributed by atoms with E-state index in [-0.39, 0.29) is 30.5 Å². The fourth-order valence-corrected chi connectivity index (χ4v) is 6.22. The number of aliphatic hydroxyl groups is 2. The van der Waals surface area contributed by atoms with E-state index < -0.39 is 24.9 Å². The van der Waals surface area contributed by atoms with Crippen LogP contribution in [-0.4, -0.2) is 64.4 Å². The van der Waals surface area contributed by atoms with Crippen LogP contribution < -0.4 is 10.1 Å². The number of alkyl halides is 3. The molecule has 2 atom stereocenters. The van der Waals surface area contributed by atoms with E-state index in [1.165, 1.54) is 11.6 Å². The maximum Gasteiger partial charge on any atom is 0.573 e. The molecule has 1 saturated heterocycles. The van der Waals surface area contributed by atoms with Crippen molar-refractivity contribution in [2.24, 2.45) is 0 Å². The van der Waals surface area contributed by atoms with Gasteiger partial charge >= 0.3 is 12.3 Å². The predicted molar refractivity (Wildman–Crippen MR) is 175 cm³/mol. The topological polar surface area (TPSA) is 102 Å². The van der Waals surface area contributed by atoms with E-state index in [1.54, 1.807) is 12.1 Å². The standard InChI is InChI=1S/C37H39F3N2O5/c1-23-31(26-11-9-25(10-12-26)21-42-16-15-29(43)22-42)5-3-7-33(23)34-8-4-6-32(24(34)2)27-13-14-28(35(17-27)47-37(38,39)40)19-41-20-30(44)18-36(45)46/h3-14,17,29-30,41,43-44H,15-16,18-22H2,1-2H3,(H,45,46)/t29-,30+/m1/s1. The van der Waals surface area contributed by atoms with Gasteiger partial charge in [0.2, 0.25) is 0 Å². The first-order chi connectivity index (χ1) is 22.4. The number of nitrogens with one attached hydrogen (secondary N) is 1. The molecular formula is C37H39F3N2O5. The average molecular weight is 649 g/mol. The van der Waals surface area contributed by atoms with Gasteiger partial charge < -0.3 is 25.4 Å². The Labute approximate surface area is 272 Å². The first kappa shape index (κ1) is 34.1. The van der Waals surface area contributed by atoms with Gasteiger partial charge in [-0.3, -0.25) is 9.69 Å². The second kappa shape index (κ2) is 14.7. The van der Waals surface area contributed by atoms with Gasteiger partial charge in [-0.05, 0) is 76.4 Å². The van der Waals surface area contributed by atoms with Crippen molar-refractivity contribution in [3.05, 3.63) is 101 Å². The van der Waals surface area contributed by atoms with Crippen molar-refractivity contribution < 1.29 is 38.0 Å². The van der Waals surface area contributed by atoms with Crippen molar-refractivity contribution in [1.82, 2.24) is 10.2 Å². The van der Waals surface area contributed by atoms with Gasteiger partial charge in [0.25, 0.3) is 0 Å². The van der Waals surface area contributed by atoms with Crippen LogP contribution in [0.4, 0.5) is 13.2 Å². The molecule has 248 valence electrons. The summed E-state index contributed by atoms with van der Waals surface area (Å²) in [5.74, 6) is -1.54. The van der Waals surface area contributed by atoms with Gasteiger partial charge in [0, 0.05) is 38.3 Å². The molecule has 1 heterocycles. The molecule has 7 nitrogen and oxygen atoms in total. The molecule has 10 heteroatoms. The Bertz CT molecular complexity index is 1710. The third-order valence-corrected chi connectivity index (χ3v) is 8.59. The van der Waals surface area contributed by atoms with Gasteiger partial charge in [-0.15, -0.1) is 13.2 Å². The lowest BCUT2D eigenvalue weighted by Crippen LogP contribution is -2.28. The Balaban J connectivity index is 1.40. The molecule has 0 amide bonds. The molecule has 1 fully saturated rings. The Morgan fingerprint density at radius 1 is 0.936 bits per heavy atom. The Kier molecular flexibility index (Phi) is 10.7. The van der Waals surface area contributed by atoms with E-state index in [0.29, 0.717) is 12.1 Å². The molecule has 47 heavy (non-hydrogen) atoms. The largest absolute Gasteiger partial charge is 0.573 e. The number of halogens is 3. The monoisotopic (exact) mass is 648 g/mol. The number of aliphatic carboxylic acids is 1. The van der Waals surface area contributed by atoms with Crippen LogP contribution in [0.25, 0.3) is 33.4 Å². The minimum Gasteiger partial charge on any atom is -0.481 e. The number of rotatable bonds is 12. The lowest BCUT2D eigenvalue weighted by atomic mass is 9.88. The van der Waals surface area contributed by atoms with Gasteiger partial charge in [-0.2, -0.15) is 0 Å². The number of nitrogens with zero attached hydrogens (tertiary/aromatic N) is 1. The third-order valence-electron chi connectivity index (χ3n) is 8.59. The number of ether oxygens (including phenoxy) is 1. The number of aliphatic hydroxyl groups excluding tert-OH is 2. The Morgan fingerprint density at radius 2 is 1.53 bits per heavy atom. The smallest absolute Gasteiger partial charge is 0.481 e. The van der Waals surface area contributed by atoms with E-state index in [4.69, 9.17) is 5.11 Å². The number of likely N-dealkylation sites (tertiary alicyclic amines) is 1. The fraction of sp³-hybridized carbons (Fsp3) is 0.324. The molecule has 1 aliphatic heterocycles. The number of carboxylic acids is 1. The van der Waals surface area contributed by atoms with Gasteiger partial charge in [-0.1, -0.05) is 72.8 Å². The predicted octanol–water partition coefficient (Wildman–Crippen LogP) is 6.69. The molecule has 1 aliphatic rings. The van der Waals surface area contributed by atoms with Crippen molar-refractivity contribution in [1.29, 1.82) is 0 Å². The number of carboxylic acid groups (broad SMARTS) is 1. The van der Waals surface area contributed by atoms with Crippen molar-refractivity contribution in [3.63, 3.8) is 0 Å². The molecule has 0 aliphatic carbocycles. The zero-order chi connectivity index (χ0) is 33.7. The van der Waals surface area contributed by atoms with Gasteiger partial charge in [0.05, 0.1) is 18.6 Å². The number of hydrogen-bond acceptors (Lipinski definition) is 6. The maximum absolute atomic E-state index is 13.4. The van der Waals surface area contributed by atoms with E-state index >= 15 is 0 Å². The SMILES string of the molecule is Cc1c(-c2ccc(CN3CC[C@@H](O)C3)cc2)cccc1-c1cccc(-c2ccc(CNC[C@@H](O)CC(=O)O)c(OC(F)(F)F)c2)c1C. The zero-order valence-electron chi connectivity index (χ0n) is 26.3. The minimum atomic E-state index is -4.92. The van der Waals surface area contributed by atoms with Gasteiger partial charge in [-0.25, -0.2) is 0 Å². The summed E-state index contributed by atoms with van der Waals surface area (Å²) in [5.41, 5.74) is 8.83. The van der Waals surface area contributed by atoms with Crippen molar-refractivity contribution in [2.45, 2.75) is 58.3 Å². The first-order valence-electron chi connectivity index (χ1n) is 15.6. The Morgan fingerprint density at radius 3 is 2.11 bits per heavy atom. The highest BCUT2D eigenvalue weighted by Gasteiger charge is 2.32. The Hall–Kier alpha value is -4.22. The van der Waals surface area contributed by atoms with Crippen molar-refractivity contribution in [2.75, 3.05) is 19.6 Å². The van der Waals surface area contributed by atoms with Crippen LogP contribution in [0.2, 0.25) is 0 Å². The zero-order valence-corrected chi connectivity index (χ0v) is 26.3. The molecule has 0 aromatic heterocycles. The van der Waals surface area contributed by atoms with Crippen LogP contribution in [0, 0.1) is 13.8 Å². The van der Waals surface area contributed by atoms with E-state index in [9.17, 15) is 28.2 Å². The molecule has 0 saturated carbocycles. The summed E-state index contributed by atoms with van der Waals surface area (Å²) in [6, 6.07) is 25.0. The lowest BCUT2D eigenvalue weighted by molar-refractivity contribution is -0.274. The summed E-state index contributed by atoms with van der Waals surface area (Å²) >= 11 is 0. The number of β-amino-alcohol motifs (C(OH)–C–C–N with tert-alkyl or cyclic N) is 1. The van der Waals surface area contributed by atoms with Crippen LogP contribution in [0.5, 0.6) is 5.75 Å². The average Bonchev–Trinajstić information content (AvgIpc) is 3.42. The van der Waals surface area contributed by atoms with Gasteiger partial charge in [0.1, 0.15) is 5.75 Å². The normalized spacial score (nSPS) is 15.9. The van der Waals surface area contributed by atoms with Crippen LogP contribution >= 0.6 is 0 Å². The first-order valence-corrected chi connectivity index (χ1v) is 15.6. The molecule has 5 rings (SSSR count). The molecule has 0 unspecified atom stereocenters. The molecule has 0 bridgehead atoms. The molecule has 4 aromatic carbocycles. The van der Waals surface area contributed by atoms with E-state index in [0.717, 1.165) is 58.5 Å². The summed E-state index contributed by atoms with van der Waals surface area (Å²) in [4.78, 5) is 13.0. The number of carbonyl (C=O) groups is 1. The van der Waals surface area contributed by atoms with Crippen LogP contribution in [0.1, 0.15) is 35.1 Å². The number of hydrogen-bond donors (Lipinski definition) is 4. The van der Waals surface area contributed by atoms with Gasteiger partial charge in [0.15, 0.2) is 0 Å². The molecule has 4 aromatic rings. The number of benzene rings is 4. The third kappa shape index (κ3) is 8.78. The molecular weight excluding hydrogens is 609 g/mol. The molecule has 0 radical (unpaired) electrons. The van der Waals surface area contributed by atoms with Crippen molar-refractivity contribution >= 4 is 5.97 Å². The summed E-state index contributed by atoms with van der Waals surface area (Å²) in [7, 11) is 0. The fourth-order valence-electron chi connectivity index (χ4n) is 6.22. The van der Waals surface area contributed by atoms with Crippen LogP contribution in [0.15, 0.2) is 78.9 Å². The van der Waals surface area contributed by atoms with E-state index in [1.807, 2.05) is 37.3 Å². The second-order valence-corrected chi connectivity index (χ2v) is 12.1. The van der Waals surface area contributed by atoms with Crippen LogP contribution in [0.3, 0.4) is 0 Å². The summed E-state index contributed by atoms with van der Waals surface area (Å²) in [5, 5.41) is 31.3. The highest BCUT2D eigenvalue weighted by Crippen LogP contribution is 2.39.